The number of nitrogens with zero attached hydrogens (tertiary/aromatic N) is 3. The number of anilines is 1. The number of halogens is 1. The van der Waals surface area contributed by atoms with Gasteiger partial charge in [0.25, 0.3) is 5.56 Å². The highest BCUT2D eigenvalue weighted by atomic mass is 19.1. The second-order valence-electron chi connectivity index (χ2n) is 4.50. The van der Waals surface area contributed by atoms with Crippen molar-refractivity contribution >= 4 is 5.69 Å². The standard InChI is InChI=1S/C14H13FN4O2/c1-18-9(6-13(20)19(2)14(18)21)8-17-12-5-3-4-11(15)10(12)7-16/h3-6,17H,8H2,1-2H3. The molecule has 0 aliphatic heterocycles. The lowest BCUT2D eigenvalue weighted by Crippen LogP contribution is -2.38. The number of aromatic nitrogens is 2. The zero-order valence-electron chi connectivity index (χ0n) is 11.6. The van der Waals surface area contributed by atoms with Crippen LogP contribution in [-0.2, 0) is 20.6 Å². The van der Waals surface area contributed by atoms with Crippen LogP contribution < -0.4 is 16.6 Å². The molecule has 2 aromatic rings. The van der Waals surface area contributed by atoms with Crippen molar-refractivity contribution in [2.45, 2.75) is 6.54 Å². The third-order valence-electron chi connectivity index (χ3n) is 3.21. The minimum Gasteiger partial charge on any atom is -0.378 e. The molecule has 7 heteroatoms. The molecule has 0 fully saturated rings. The van der Waals surface area contributed by atoms with Crippen LogP contribution in [0.4, 0.5) is 10.1 Å². The van der Waals surface area contributed by atoms with Gasteiger partial charge in [0.2, 0.25) is 0 Å². The van der Waals surface area contributed by atoms with Crippen molar-refractivity contribution in [3.05, 3.63) is 62.2 Å². The maximum Gasteiger partial charge on any atom is 0.330 e. The number of nitrogens with one attached hydrogen (secondary N) is 1. The maximum absolute atomic E-state index is 13.5. The molecule has 0 aliphatic rings. The Labute approximate surface area is 119 Å². The summed E-state index contributed by atoms with van der Waals surface area (Å²) < 4.78 is 15.8. The molecule has 0 radical (unpaired) electrons. The van der Waals surface area contributed by atoms with Gasteiger partial charge in [-0.25, -0.2) is 9.18 Å². The highest BCUT2D eigenvalue weighted by molar-refractivity contribution is 5.57. The molecule has 1 aromatic heterocycles. The van der Waals surface area contributed by atoms with Crippen molar-refractivity contribution in [3.63, 3.8) is 0 Å². The summed E-state index contributed by atoms with van der Waals surface area (Å²) in [5.41, 5.74) is -0.220. The molecular formula is C14H13FN4O2. The fourth-order valence-corrected chi connectivity index (χ4v) is 1.92. The first-order valence-electron chi connectivity index (χ1n) is 6.14. The lowest BCUT2D eigenvalue weighted by atomic mass is 10.2. The molecule has 2 rings (SSSR count). The van der Waals surface area contributed by atoms with Gasteiger partial charge >= 0.3 is 5.69 Å². The van der Waals surface area contributed by atoms with E-state index in [-0.39, 0.29) is 12.1 Å². The first kappa shape index (κ1) is 14.5. The quantitative estimate of drug-likeness (QED) is 0.902. The lowest BCUT2D eigenvalue weighted by molar-refractivity contribution is 0.624. The number of hydrogen-bond donors (Lipinski definition) is 1. The Morgan fingerprint density at radius 3 is 2.67 bits per heavy atom. The summed E-state index contributed by atoms with van der Waals surface area (Å²) in [5, 5.41) is 11.8. The minimum absolute atomic E-state index is 0.105. The predicted octanol–water partition coefficient (Wildman–Crippen LogP) is 0.707. The Hall–Kier alpha value is -2.88. The Bertz CT molecular complexity index is 846. The van der Waals surface area contributed by atoms with Crippen LogP contribution in [0.15, 0.2) is 33.9 Å². The lowest BCUT2D eigenvalue weighted by Gasteiger charge is -2.12. The van der Waals surface area contributed by atoms with Crippen molar-refractivity contribution in [3.8, 4) is 6.07 Å². The third kappa shape index (κ3) is 2.69. The first-order valence-corrected chi connectivity index (χ1v) is 6.14. The molecule has 0 bridgehead atoms. The molecule has 1 N–H and O–H groups in total. The van der Waals surface area contributed by atoms with Gasteiger partial charge in [0.05, 0.1) is 12.2 Å². The van der Waals surface area contributed by atoms with Gasteiger partial charge in [0, 0.05) is 25.9 Å². The third-order valence-corrected chi connectivity index (χ3v) is 3.21. The predicted molar refractivity (Wildman–Crippen MR) is 75.4 cm³/mol. The fraction of sp³-hybridized carbons (Fsp3) is 0.214. The van der Waals surface area contributed by atoms with E-state index in [2.05, 4.69) is 5.32 Å². The Morgan fingerprint density at radius 2 is 2.00 bits per heavy atom. The highest BCUT2D eigenvalue weighted by Gasteiger charge is 2.09. The van der Waals surface area contributed by atoms with E-state index in [9.17, 15) is 14.0 Å². The van der Waals surface area contributed by atoms with Crippen LogP contribution >= 0.6 is 0 Å². The maximum atomic E-state index is 13.5. The van der Waals surface area contributed by atoms with E-state index in [1.807, 2.05) is 0 Å². The van der Waals surface area contributed by atoms with Gasteiger partial charge in [-0.2, -0.15) is 5.26 Å². The van der Waals surface area contributed by atoms with Crippen LogP contribution in [0.5, 0.6) is 0 Å². The van der Waals surface area contributed by atoms with E-state index >= 15 is 0 Å². The molecule has 108 valence electrons. The molecule has 1 aromatic carbocycles. The molecule has 0 saturated heterocycles. The average molecular weight is 288 g/mol. The van der Waals surface area contributed by atoms with Gasteiger partial charge in [-0.05, 0) is 12.1 Å². The first-order chi connectivity index (χ1) is 9.95. The van der Waals surface area contributed by atoms with Crippen molar-refractivity contribution in [2.75, 3.05) is 5.32 Å². The summed E-state index contributed by atoms with van der Waals surface area (Å²) in [6, 6.07) is 7.32. The van der Waals surface area contributed by atoms with Gasteiger partial charge in [-0.3, -0.25) is 13.9 Å². The summed E-state index contributed by atoms with van der Waals surface area (Å²) in [5.74, 6) is -0.625. The molecule has 6 nitrogen and oxygen atoms in total. The van der Waals surface area contributed by atoms with E-state index in [4.69, 9.17) is 5.26 Å². The van der Waals surface area contributed by atoms with Crippen LogP contribution in [0.3, 0.4) is 0 Å². The van der Waals surface area contributed by atoms with E-state index in [1.54, 1.807) is 12.1 Å². The summed E-state index contributed by atoms with van der Waals surface area (Å²) >= 11 is 0. The molecule has 0 unspecified atom stereocenters. The number of rotatable bonds is 3. The van der Waals surface area contributed by atoms with E-state index in [1.165, 1.54) is 36.9 Å². The van der Waals surface area contributed by atoms with E-state index in [0.717, 1.165) is 4.57 Å². The van der Waals surface area contributed by atoms with Crippen LogP contribution in [0.25, 0.3) is 0 Å². The van der Waals surface area contributed by atoms with Gasteiger partial charge in [-0.15, -0.1) is 0 Å². The zero-order valence-corrected chi connectivity index (χ0v) is 11.6. The SMILES string of the molecule is Cn1c(CNc2cccc(F)c2C#N)cc(=O)n(C)c1=O. The van der Waals surface area contributed by atoms with E-state index < -0.39 is 17.1 Å². The van der Waals surface area contributed by atoms with E-state index in [0.29, 0.717) is 11.4 Å². The molecule has 0 atom stereocenters. The molecule has 0 spiro atoms. The molecular weight excluding hydrogens is 275 g/mol. The topological polar surface area (TPSA) is 79.8 Å². The molecule has 0 saturated carbocycles. The Kier molecular flexibility index (Phi) is 3.89. The summed E-state index contributed by atoms with van der Waals surface area (Å²) in [6.07, 6.45) is 0. The second-order valence-corrected chi connectivity index (χ2v) is 4.50. The number of hydrogen-bond acceptors (Lipinski definition) is 4. The van der Waals surface area contributed by atoms with Gasteiger partial charge in [0.15, 0.2) is 0 Å². The molecule has 0 aliphatic carbocycles. The summed E-state index contributed by atoms with van der Waals surface area (Å²) in [7, 11) is 2.93. The molecule has 1 heterocycles. The Balaban J connectivity index is 2.35. The smallest absolute Gasteiger partial charge is 0.330 e. The van der Waals surface area contributed by atoms with Crippen LogP contribution in [0.1, 0.15) is 11.3 Å². The normalized spacial score (nSPS) is 10.2. The number of nitriles is 1. The van der Waals surface area contributed by atoms with Gasteiger partial charge in [-0.1, -0.05) is 6.07 Å². The number of benzene rings is 1. The largest absolute Gasteiger partial charge is 0.378 e. The van der Waals surface area contributed by atoms with Crippen molar-refractivity contribution in [2.24, 2.45) is 14.1 Å². The molecule has 0 amide bonds. The van der Waals surface area contributed by atoms with Crippen LogP contribution in [-0.4, -0.2) is 9.13 Å². The fourth-order valence-electron chi connectivity index (χ4n) is 1.92. The van der Waals surface area contributed by atoms with Crippen molar-refractivity contribution in [1.29, 1.82) is 5.26 Å². The van der Waals surface area contributed by atoms with Crippen molar-refractivity contribution in [1.82, 2.24) is 9.13 Å². The summed E-state index contributed by atoms with van der Waals surface area (Å²) in [6.45, 7) is 0.125. The molecule has 21 heavy (non-hydrogen) atoms. The Morgan fingerprint density at radius 1 is 1.29 bits per heavy atom. The van der Waals surface area contributed by atoms with Crippen molar-refractivity contribution < 1.29 is 4.39 Å². The summed E-state index contributed by atoms with van der Waals surface area (Å²) in [4.78, 5) is 23.4. The zero-order chi connectivity index (χ0) is 15.6. The monoisotopic (exact) mass is 288 g/mol. The minimum atomic E-state index is -0.625. The van der Waals surface area contributed by atoms with Crippen LogP contribution in [0.2, 0.25) is 0 Å². The highest BCUT2D eigenvalue weighted by Crippen LogP contribution is 2.18. The second kappa shape index (κ2) is 5.63. The van der Waals surface area contributed by atoms with Gasteiger partial charge in [0.1, 0.15) is 17.4 Å². The van der Waals surface area contributed by atoms with Crippen LogP contribution in [0, 0.1) is 17.1 Å². The van der Waals surface area contributed by atoms with Gasteiger partial charge < -0.3 is 5.32 Å². The average Bonchev–Trinajstić information content (AvgIpc) is 2.47.